The van der Waals surface area contributed by atoms with Crippen LogP contribution in [0, 0.1) is 0 Å². The van der Waals surface area contributed by atoms with Crippen molar-refractivity contribution in [1.29, 1.82) is 0 Å². The number of piperazine rings is 1. The van der Waals surface area contributed by atoms with Crippen LogP contribution in [0.4, 0.5) is 11.4 Å². The first-order chi connectivity index (χ1) is 14.7. The van der Waals surface area contributed by atoms with Gasteiger partial charge in [0, 0.05) is 59.8 Å². The SMILES string of the molecule is CC(C(=O)N1CCN(c2ccc(S(=O)(=O)Cl)cc2)CC1)N1CCCc2cc(Cl)ccc21. The average molecular weight is 482 g/mol. The maximum Gasteiger partial charge on any atom is 0.261 e. The molecule has 2 aliphatic rings. The van der Waals surface area contributed by atoms with Gasteiger partial charge in [-0.05, 0) is 67.8 Å². The monoisotopic (exact) mass is 481 g/mol. The fourth-order valence-electron chi connectivity index (χ4n) is 4.40. The minimum Gasteiger partial charge on any atom is -0.368 e. The van der Waals surface area contributed by atoms with Crippen LogP contribution < -0.4 is 9.80 Å². The lowest BCUT2D eigenvalue weighted by Gasteiger charge is -2.41. The maximum atomic E-state index is 13.2. The van der Waals surface area contributed by atoms with E-state index in [0.29, 0.717) is 26.2 Å². The van der Waals surface area contributed by atoms with Gasteiger partial charge in [-0.25, -0.2) is 8.42 Å². The van der Waals surface area contributed by atoms with Crippen molar-refractivity contribution in [3.8, 4) is 0 Å². The molecule has 0 spiro atoms. The Morgan fingerprint density at radius 1 is 1.00 bits per heavy atom. The van der Waals surface area contributed by atoms with Crippen molar-refractivity contribution in [2.75, 3.05) is 42.5 Å². The van der Waals surface area contributed by atoms with E-state index >= 15 is 0 Å². The van der Waals surface area contributed by atoms with Crippen LogP contribution in [0.15, 0.2) is 47.4 Å². The molecule has 4 rings (SSSR count). The lowest BCUT2D eigenvalue weighted by Crippen LogP contribution is -2.55. The van der Waals surface area contributed by atoms with Gasteiger partial charge < -0.3 is 14.7 Å². The second kappa shape index (κ2) is 8.88. The summed E-state index contributed by atoms with van der Waals surface area (Å²) in [5, 5.41) is 0.729. The van der Waals surface area contributed by atoms with Crippen LogP contribution in [-0.2, 0) is 20.3 Å². The number of halogens is 2. The minimum atomic E-state index is -3.73. The van der Waals surface area contributed by atoms with Crippen molar-refractivity contribution >= 4 is 48.6 Å². The smallest absolute Gasteiger partial charge is 0.261 e. The van der Waals surface area contributed by atoms with Crippen LogP contribution in [0.2, 0.25) is 5.02 Å². The van der Waals surface area contributed by atoms with Crippen LogP contribution >= 0.6 is 22.3 Å². The lowest BCUT2D eigenvalue weighted by molar-refractivity contribution is -0.132. The molecule has 0 aliphatic carbocycles. The predicted molar refractivity (Wildman–Crippen MR) is 125 cm³/mol. The van der Waals surface area contributed by atoms with Crippen molar-refractivity contribution < 1.29 is 13.2 Å². The number of nitrogens with zero attached hydrogens (tertiary/aromatic N) is 3. The molecule has 31 heavy (non-hydrogen) atoms. The first kappa shape index (κ1) is 22.2. The Balaban J connectivity index is 1.40. The van der Waals surface area contributed by atoms with Gasteiger partial charge in [0.25, 0.3) is 9.05 Å². The first-order valence-electron chi connectivity index (χ1n) is 10.4. The molecule has 1 atom stereocenters. The number of hydrogen-bond acceptors (Lipinski definition) is 5. The van der Waals surface area contributed by atoms with Crippen molar-refractivity contribution in [1.82, 2.24) is 4.90 Å². The minimum absolute atomic E-state index is 0.0867. The third kappa shape index (κ3) is 4.78. The molecule has 0 saturated carbocycles. The Kier molecular flexibility index (Phi) is 6.37. The molecule has 2 aromatic carbocycles. The van der Waals surface area contributed by atoms with Crippen molar-refractivity contribution in [2.45, 2.75) is 30.7 Å². The van der Waals surface area contributed by atoms with E-state index in [9.17, 15) is 13.2 Å². The number of amides is 1. The van der Waals surface area contributed by atoms with Gasteiger partial charge in [-0.1, -0.05) is 11.6 Å². The van der Waals surface area contributed by atoms with Gasteiger partial charge in [0.15, 0.2) is 0 Å². The number of benzene rings is 2. The zero-order valence-electron chi connectivity index (χ0n) is 17.3. The molecule has 1 fully saturated rings. The highest BCUT2D eigenvalue weighted by Gasteiger charge is 2.31. The summed E-state index contributed by atoms with van der Waals surface area (Å²) in [6, 6.07) is 12.2. The van der Waals surface area contributed by atoms with Gasteiger partial charge in [-0.15, -0.1) is 0 Å². The third-order valence-electron chi connectivity index (χ3n) is 6.10. The van der Waals surface area contributed by atoms with Crippen LogP contribution in [0.3, 0.4) is 0 Å². The molecular formula is C22H25Cl2N3O3S. The number of carbonyl (C=O) groups excluding carboxylic acids is 1. The largest absolute Gasteiger partial charge is 0.368 e. The zero-order valence-corrected chi connectivity index (χ0v) is 19.6. The molecule has 1 saturated heterocycles. The molecular weight excluding hydrogens is 457 g/mol. The fourth-order valence-corrected chi connectivity index (χ4v) is 5.36. The summed E-state index contributed by atoms with van der Waals surface area (Å²) in [5.74, 6) is 0.131. The third-order valence-corrected chi connectivity index (χ3v) is 7.70. The van der Waals surface area contributed by atoms with E-state index in [4.69, 9.17) is 22.3 Å². The summed E-state index contributed by atoms with van der Waals surface area (Å²) in [6.07, 6.45) is 1.99. The molecule has 6 nitrogen and oxygen atoms in total. The Labute approximate surface area is 192 Å². The second-order valence-corrected chi connectivity index (χ2v) is 11.0. The normalized spacial score (nSPS) is 18.0. The standard InChI is InChI=1S/C22H25Cl2N3O3S/c1-16(27-10-2-3-17-15-18(23)4-9-21(17)27)22(28)26-13-11-25(12-14-26)19-5-7-20(8-6-19)31(24,29)30/h4-9,15-16H,2-3,10-14H2,1H3. The number of anilines is 2. The number of fused-ring (bicyclic) bond motifs is 1. The molecule has 2 heterocycles. The number of rotatable bonds is 4. The number of aryl methyl sites for hydroxylation is 1. The van der Waals surface area contributed by atoms with E-state index in [-0.39, 0.29) is 16.8 Å². The Morgan fingerprint density at radius 2 is 1.68 bits per heavy atom. The maximum absolute atomic E-state index is 13.2. The molecule has 0 aromatic heterocycles. The fraction of sp³-hybridized carbons (Fsp3) is 0.409. The topological polar surface area (TPSA) is 60.9 Å². The van der Waals surface area contributed by atoms with Gasteiger partial charge in [-0.2, -0.15) is 0 Å². The average Bonchev–Trinajstić information content (AvgIpc) is 2.77. The Bertz CT molecular complexity index is 1070. The summed E-state index contributed by atoms with van der Waals surface area (Å²) in [6.45, 7) is 5.47. The molecule has 1 amide bonds. The van der Waals surface area contributed by atoms with Crippen molar-refractivity contribution in [3.63, 3.8) is 0 Å². The summed E-state index contributed by atoms with van der Waals surface area (Å²) in [7, 11) is 1.66. The summed E-state index contributed by atoms with van der Waals surface area (Å²) >= 11 is 6.15. The predicted octanol–water partition coefficient (Wildman–Crippen LogP) is 3.76. The highest BCUT2D eigenvalue weighted by atomic mass is 35.7. The Hall–Kier alpha value is -1.96. The number of carbonyl (C=O) groups is 1. The van der Waals surface area contributed by atoms with Crippen LogP contribution in [0.25, 0.3) is 0 Å². The highest BCUT2D eigenvalue weighted by Crippen LogP contribution is 2.31. The van der Waals surface area contributed by atoms with E-state index in [2.05, 4.69) is 9.80 Å². The summed E-state index contributed by atoms with van der Waals surface area (Å²) in [5.41, 5.74) is 3.22. The molecule has 0 N–H and O–H groups in total. The Morgan fingerprint density at radius 3 is 2.32 bits per heavy atom. The van der Waals surface area contributed by atoms with Crippen LogP contribution in [-0.4, -0.2) is 58.0 Å². The quantitative estimate of drug-likeness (QED) is 0.622. The van der Waals surface area contributed by atoms with Crippen LogP contribution in [0.1, 0.15) is 18.9 Å². The molecule has 1 unspecified atom stereocenters. The van der Waals surface area contributed by atoms with E-state index in [0.717, 1.165) is 35.8 Å². The van der Waals surface area contributed by atoms with Crippen LogP contribution in [0.5, 0.6) is 0 Å². The van der Waals surface area contributed by atoms with E-state index in [1.54, 1.807) is 12.1 Å². The molecule has 2 aromatic rings. The molecule has 2 aliphatic heterocycles. The number of hydrogen-bond donors (Lipinski definition) is 0. The van der Waals surface area contributed by atoms with E-state index < -0.39 is 9.05 Å². The molecule has 0 radical (unpaired) electrons. The van der Waals surface area contributed by atoms with Gasteiger partial charge in [0.2, 0.25) is 5.91 Å². The van der Waals surface area contributed by atoms with Crippen molar-refractivity contribution in [3.05, 3.63) is 53.1 Å². The molecule has 0 bridgehead atoms. The highest BCUT2D eigenvalue weighted by molar-refractivity contribution is 8.13. The summed E-state index contributed by atoms with van der Waals surface area (Å²) in [4.78, 5) is 19.6. The molecule has 166 valence electrons. The van der Waals surface area contributed by atoms with Gasteiger partial charge >= 0.3 is 0 Å². The summed E-state index contributed by atoms with van der Waals surface area (Å²) < 4.78 is 22.8. The van der Waals surface area contributed by atoms with Gasteiger partial charge in [0.1, 0.15) is 6.04 Å². The van der Waals surface area contributed by atoms with Gasteiger partial charge in [-0.3, -0.25) is 4.79 Å². The van der Waals surface area contributed by atoms with E-state index in [1.807, 2.05) is 30.0 Å². The zero-order chi connectivity index (χ0) is 22.2. The second-order valence-electron chi connectivity index (χ2n) is 7.99. The lowest BCUT2D eigenvalue weighted by atomic mass is 10.00. The molecule has 9 heteroatoms. The van der Waals surface area contributed by atoms with Gasteiger partial charge in [0.05, 0.1) is 4.90 Å². The first-order valence-corrected chi connectivity index (χ1v) is 13.1. The van der Waals surface area contributed by atoms with E-state index in [1.165, 1.54) is 17.7 Å². The van der Waals surface area contributed by atoms with Crippen molar-refractivity contribution in [2.24, 2.45) is 0 Å².